The van der Waals surface area contributed by atoms with E-state index in [9.17, 15) is 4.79 Å². The van der Waals surface area contributed by atoms with Crippen molar-refractivity contribution in [2.75, 3.05) is 18.9 Å². The fourth-order valence-electron chi connectivity index (χ4n) is 1.42. The van der Waals surface area contributed by atoms with Crippen molar-refractivity contribution in [1.82, 2.24) is 5.32 Å². The minimum absolute atomic E-state index is 0.00555. The van der Waals surface area contributed by atoms with Crippen LogP contribution in [0.3, 0.4) is 0 Å². The van der Waals surface area contributed by atoms with Gasteiger partial charge in [-0.1, -0.05) is 24.3 Å². The van der Waals surface area contributed by atoms with Crippen molar-refractivity contribution < 1.29 is 9.53 Å². The Bertz CT molecular complexity index is 403. The molecule has 1 aromatic rings. The number of hydrogen-bond acceptors (Lipinski definition) is 3. The Kier molecular flexibility index (Phi) is 6.40. The number of para-hydroxylation sites is 2. The van der Waals surface area contributed by atoms with E-state index in [1.807, 2.05) is 31.2 Å². The van der Waals surface area contributed by atoms with Crippen LogP contribution in [0.1, 0.15) is 19.8 Å². The van der Waals surface area contributed by atoms with Crippen LogP contribution in [0, 0.1) is 0 Å². The first-order chi connectivity index (χ1) is 8.74. The lowest BCUT2D eigenvalue weighted by molar-refractivity contribution is -0.121. The summed E-state index contributed by atoms with van der Waals surface area (Å²) >= 11 is 0. The predicted octanol–water partition coefficient (Wildman–Crippen LogP) is 2.12. The molecule has 0 spiro atoms. The van der Waals surface area contributed by atoms with Crippen molar-refractivity contribution in [2.24, 2.45) is 0 Å². The van der Waals surface area contributed by atoms with Gasteiger partial charge in [0.15, 0.2) is 0 Å². The van der Waals surface area contributed by atoms with Crippen LogP contribution in [0.4, 0.5) is 5.69 Å². The number of nitrogens with two attached hydrogens (primary N) is 1. The van der Waals surface area contributed by atoms with Gasteiger partial charge in [0, 0.05) is 6.54 Å². The number of carbonyl (C=O) groups excluding carboxylic acids is 1. The Morgan fingerprint density at radius 3 is 2.94 bits per heavy atom. The zero-order valence-electron chi connectivity index (χ0n) is 10.7. The molecule has 0 bridgehead atoms. The highest BCUT2D eigenvalue weighted by Gasteiger charge is 2.02. The number of hydrogen-bond donors (Lipinski definition) is 2. The topological polar surface area (TPSA) is 64.3 Å². The molecular weight excluding hydrogens is 228 g/mol. The third-order valence-electron chi connectivity index (χ3n) is 2.37. The third-order valence-corrected chi connectivity index (χ3v) is 2.37. The van der Waals surface area contributed by atoms with E-state index in [1.165, 1.54) is 0 Å². The van der Waals surface area contributed by atoms with Crippen molar-refractivity contribution in [1.29, 1.82) is 0 Å². The van der Waals surface area contributed by atoms with Gasteiger partial charge in [-0.3, -0.25) is 4.79 Å². The van der Waals surface area contributed by atoms with E-state index in [1.54, 1.807) is 12.1 Å². The fraction of sp³-hybridized carbons (Fsp3) is 0.357. The minimum Gasteiger partial charge on any atom is -0.491 e. The van der Waals surface area contributed by atoms with E-state index in [2.05, 4.69) is 5.32 Å². The van der Waals surface area contributed by atoms with Crippen LogP contribution in [0.25, 0.3) is 0 Å². The van der Waals surface area contributed by atoms with Crippen molar-refractivity contribution >= 4 is 11.6 Å². The van der Waals surface area contributed by atoms with Crippen LogP contribution >= 0.6 is 0 Å². The Hall–Kier alpha value is -1.97. The van der Waals surface area contributed by atoms with Crippen molar-refractivity contribution in [2.45, 2.75) is 19.8 Å². The summed E-state index contributed by atoms with van der Waals surface area (Å²) in [5, 5.41) is 2.82. The van der Waals surface area contributed by atoms with Crippen LogP contribution in [-0.2, 0) is 4.79 Å². The van der Waals surface area contributed by atoms with Gasteiger partial charge in [0.2, 0.25) is 5.91 Å². The number of anilines is 1. The molecule has 0 radical (unpaired) electrons. The molecule has 1 rings (SSSR count). The van der Waals surface area contributed by atoms with Crippen molar-refractivity contribution in [3.05, 3.63) is 36.4 Å². The van der Waals surface area contributed by atoms with Crippen LogP contribution in [0.5, 0.6) is 5.75 Å². The molecule has 98 valence electrons. The fourth-order valence-corrected chi connectivity index (χ4v) is 1.42. The van der Waals surface area contributed by atoms with Gasteiger partial charge in [-0.2, -0.15) is 0 Å². The van der Waals surface area contributed by atoms with Gasteiger partial charge in [0.1, 0.15) is 5.75 Å². The van der Waals surface area contributed by atoms with Gasteiger partial charge in [-0.25, -0.2) is 0 Å². The number of rotatable bonds is 7. The van der Waals surface area contributed by atoms with Gasteiger partial charge in [-0.05, 0) is 25.5 Å². The van der Waals surface area contributed by atoms with Crippen molar-refractivity contribution in [3.8, 4) is 5.75 Å². The lowest BCUT2D eigenvalue weighted by atomic mass is 10.3. The molecule has 18 heavy (non-hydrogen) atoms. The second kappa shape index (κ2) is 8.17. The van der Waals surface area contributed by atoms with E-state index in [0.717, 1.165) is 6.42 Å². The van der Waals surface area contributed by atoms with Crippen molar-refractivity contribution in [3.63, 3.8) is 0 Å². The lowest BCUT2D eigenvalue weighted by Gasteiger charge is -2.08. The first kappa shape index (κ1) is 14.1. The highest BCUT2D eigenvalue weighted by molar-refractivity contribution is 5.76. The summed E-state index contributed by atoms with van der Waals surface area (Å²) < 4.78 is 5.44. The van der Waals surface area contributed by atoms with Gasteiger partial charge in [0.05, 0.1) is 18.7 Å². The Morgan fingerprint density at radius 1 is 1.44 bits per heavy atom. The summed E-state index contributed by atoms with van der Waals surface area (Å²) in [5.41, 5.74) is 6.31. The maximum atomic E-state index is 11.4. The van der Waals surface area contributed by atoms with Crippen LogP contribution in [0.15, 0.2) is 36.4 Å². The summed E-state index contributed by atoms with van der Waals surface area (Å²) in [6.07, 6.45) is 5.17. The summed E-state index contributed by atoms with van der Waals surface area (Å²) in [5.74, 6) is 0.619. The monoisotopic (exact) mass is 248 g/mol. The Balaban J connectivity index is 2.18. The molecular formula is C14H20N2O2. The molecule has 1 aromatic carbocycles. The predicted molar refractivity (Wildman–Crippen MR) is 73.4 cm³/mol. The van der Waals surface area contributed by atoms with Crippen LogP contribution < -0.4 is 15.8 Å². The molecule has 0 saturated carbocycles. The zero-order valence-corrected chi connectivity index (χ0v) is 10.7. The number of nitrogens with one attached hydrogen (secondary N) is 1. The molecule has 1 amide bonds. The van der Waals surface area contributed by atoms with Crippen LogP contribution in [0.2, 0.25) is 0 Å². The van der Waals surface area contributed by atoms with Crippen LogP contribution in [-0.4, -0.2) is 19.1 Å². The summed E-state index contributed by atoms with van der Waals surface area (Å²) in [6, 6.07) is 7.25. The quantitative estimate of drug-likeness (QED) is 0.441. The highest BCUT2D eigenvalue weighted by Crippen LogP contribution is 2.19. The zero-order chi connectivity index (χ0) is 13.2. The van der Waals surface area contributed by atoms with E-state index < -0.39 is 0 Å². The molecule has 0 aliphatic carbocycles. The Labute approximate surface area is 108 Å². The first-order valence-electron chi connectivity index (χ1n) is 6.09. The summed E-state index contributed by atoms with van der Waals surface area (Å²) in [6.45, 7) is 2.96. The number of benzene rings is 1. The molecule has 0 aromatic heterocycles. The first-order valence-corrected chi connectivity index (χ1v) is 6.09. The third kappa shape index (κ3) is 5.39. The maximum Gasteiger partial charge on any atom is 0.223 e. The minimum atomic E-state index is -0.00555. The molecule has 0 fully saturated rings. The molecule has 0 heterocycles. The largest absolute Gasteiger partial charge is 0.491 e. The molecule has 0 atom stereocenters. The standard InChI is InChI=1S/C14H20N2O2/c1-2-3-6-10-16-14(17)9-11-18-13-8-5-4-7-12(13)15/h2-5,7-8H,6,9-11,15H2,1H3,(H,16,17)/b3-2+. The molecule has 4 heteroatoms. The smallest absolute Gasteiger partial charge is 0.223 e. The molecule has 3 N–H and O–H groups in total. The molecule has 0 aliphatic rings. The van der Waals surface area contributed by atoms with E-state index >= 15 is 0 Å². The van der Waals surface area contributed by atoms with E-state index in [0.29, 0.717) is 31.0 Å². The highest BCUT2D eigenvalue weighted by atomic mass is 16.5. The van der Waals surface area contributed by atoms with E-state index in [4.69, 9.17) is 10.5 Å². The van der Waals surface area contributed by atoms with Gasteiger partial charge in [-0.15, -0.1) is 0 Å². The average Bonchev–Trinajstić information content (AvgIpc) is 2.37. The Morgan fingerprint density at radius 2 is 2.22 bits per heavy atom. The SMILES string of the molecule is C/C=C/CCNC(=O)CCOc1ccccc1N. The number of amides is 1. The van der Waals surface area contributed by atoms with E-state index in [-0.39, 0.29) is 5.91 Å². The summed E-state index contributed by atoms with van der Waals surface area (Å²) in [4.78, 5) is 11.4. The normalized spacial score (nSPS) is 10.5. The molecule has 0 saturated heterocycles. The number of allylic oxidation sites excluding steroid dienone is 1. The molecule has 0 aliphatic heterocycles. The lowest BCUT2D eigenvalue weighted by Crippen LogP contribution is -2.25. The number of ether oxygens (including phenoxy) is 1. The number of carbonyl (C=O) groups is 1. The second-order valence-corrected chi connectivity index (χ2v) is 3.84. The van der Waals surface area contributed by atoms with Gasteiger partial charge < -0.3 is 15.8 Å². The van der Waals surface area contributed by atoms with Gasteiger partial charge >= 0.3 is 0 Å². The average molecular weight is 248 g/mol. The molecule has 4 nitrogen and oxygen atoms in total. The number of nitrogen functional groups attached to an aromatic ring is 1. The van der Waals surface area contributed by atoms with Gasteiger partial charge in [0.25, 0.3) is 0 Å². The second-order valence-electron chi connectivity index (χ2n) is 3.84. The summed E-state index contributed by atoms with van der Waals surface area (Å²) in [7, 11) is 0. The maximum absolute atomic E-state index is 11.4. The molecule has 0 unspecified atom stereocenters.